The zero-order valence-electron chi connectivity index (χ0n) is 20.8. The number of aliphatic hydroxyl groups is 3. The molecule has 7 heteroatoms. The van der Waals surface area contributed by atoms with Gasteiger partial charge in [-0.1, -0.05) is 53.4 Å². The summed E-state index contributed by atoms with van der Waals surface area (Å²) in [6.45, 7) is 9.60. The summed E-state index contributed by atoms with van der Waals surface area (Å²) in [6.07, 6.45) is 4.40. The van der Waals surface area contributed by atoms with Gasteiger partial charge in [0.15, 0.2) is 0 Å². The number of carbonyl (C=O) groups is 2. The highest BCUT2D eigenvalue weighted by atomic mass is 16.6. The Morgan fingerprint density at radius 1 is 1.06 bits per heavy atom. The number of hydrogen-bond donors (Lipinski definition) is 3. The monoisotopic (exact) mass is 466 g/mol. The summed E-state index contributed by atoms with van der Waals surface area (Å²) in [5, 5.41) is 31.9. The number of aliphatic hydroxyl groups excluding tert-OH is 3. The van der Waals surface area contributed by atoms with Crippen LogP contribution in [0, 0.1) is 17.3 Å². The van der Waals surface area contributed by atoms with Crippen molar-refractivity contribution in [3.8, 4) is 0 Å². The molecule has 0 spiro atoms. The molecule has 0 bridgehead atoms. The van der Waals surface area contributed by atoms with E-state index in [0.717, 1.165) is 25.7 Å². The fourth-order valence-corrected chi connectivity index (χ4v) is 4.83. The fraction of sp³-hybridized carbons (Fsp3) is 0.769. The number of hydrogen-bond acceptors (Lipinski definition) is 7. The second-order valence-electron chi connectivity index (χ2n) is 9.86. The molecule has 0 aromatic heterocycles. The van der Waals surface area contributed by atoms with Crippen molar-refractivity contribution < 1.29 is 34.4 Å². The van der Waals surface area contributed by atoms with E-state index in [4.69, 9.17) is 9.47 Å². The van der Waals surface area contributed by atoms with Crippen LogP contribution in [0.2, 0.25) is 0 Å². The maximum atomic E-state index is 13.1. The van der Waals surface area contributed by atoms with Crippen molar-refractivity contribution in [1.29, 1.82) is 0 Å². The molecule has 6 atom stereocenters. The lowest BCUT2D eigenvalue weighted by Gasteiger charge is -2.44. The van der Waals surface area contributed by atoms with Gasteiger partial charge in [-0.05, 0) is 32.3 Å². The molecule has 0 saturated carbocycles. The predicted octanol–water partition coefficient (Wildman–Crippen LogP) is 5.28. The number of ether oxygens (including phenoxy) is 2. The lowest BCUT2D eigenvalue weighted by atomic mass is 9.71. The van der Waals surface area contributed by atoms with E-state index < -0.39 is 47.5 Å². The van der Waals surface area contributed by atoms with E-state index in [1.807, 2.05) is 20.8 Å². The smallest absolute Gasteiger partial charge is 0.312 e. The third kappa shape index (κ3) is 6.31. The molecule has 0 aromatic carbocycles. The normalized spacial score (nSPS) is 29.0. The highest BCUT2D eigenvalue weighted by Crippen LogP contribution is 2.44. The summed E-state index contributed by atoms with van der Waals surface area (Å²) in [7, 11) is 0. The molecule has 3 N–H and O–H groups in total. The van der Waals surface area contributed by atoms with Crippen LogP contribution in [-0.2, 0) is 19.1 Å². The maximum Gasteiger partial charge on any atom is 0.312 e. The Hall–Kier alpha value is -2.02. The Labute approximate surface area is 197 Å². The third-order valence-electron chi connectivity index (χ3n) is 7.26. The van der Waals surface area contributed by atoms with Crippen LogP contribution in [-0.4, -0.2) is 45.6 Å². The van der Waals surface area contributed by atoms with Gasteiger partial charge in [0.1, 0.15) is 12.2 Å². The number of fused-ring (bicyclic) bond motifs is 1. The van der Waals surface area contributed by atoms with Gasteiger partial charge in [0.2, 0.25) is 0 Å². The summed E-state index contributed by atoms with van der Waals surface area (Å²) in [6, 6.07) is 0. The minimum Gasteiger partial charge on any atom is -0.512 e. The van der Waals surface area contributed by atoms with Gasteiger partial charge in [0.25, 0.3) is 0 Å². The van der Waals surface area contributed by atoms with Gasteiger partial charge in [-0.3, -0.25) is 9.59 Å². The first-order valence-electron chi connectivity index (χ1n) is 12.5. The van der Waals surface area contributed by atoms with Crippen molar-refractivity contribution in [2.45, 2.75) is 111 Å². The van der Waals surface area contributed by atoms with Crippen LogP contribution in [0.15, 0.2) is 23.2 Å². The summed E-state index contributed by atoms with van der Waals surface area (Å²) >= 11 is 0. The molecule has 0 heterocycles. The largest absolute Gasteiger partial charge is 0.512 e. The van der Waals surface area contributed by atoms with Crippen molar-refractivity contribution in [2.24, 2.45) is 17.3 Å². The first-order chi connectivity index (χ1) is 15.6. The van der Waals surface area contributed by atoms with Crippen molar-refractivity contribution in [1.82, 2.24) is 0 Å². The van der Waals surface area contributed by atoms with Gasteiger partial charge in [0, 0.05) is 18.4 Å². The fourth-order valence-electron chi connectivity index (χ4n) is 4.83. The number of unbranched alkanes of at least 4 members (excludes halogenated alkanes) is 3. The van der Waals surface area contributed by atoms with Crippen LogP contribution in [0.5, 0.6) is 0 Å². The van der Waals surface area contributed by atoms with Gasteiger partial charge in [0.05, 0.1) is 34.9 Å². The SMILES string of the molecule is CCCCCCC(=O)OC1C(C)C(O)=CC2=C(O)CC(O)C(OC(=O)C(C)(CC)CCC)C21. The molecule has 33 heavy (non-hydrogen) atoms. The van der Waals surface area contributed by atoms with Crippen molar-refractivity contribution in [3.05, 3.63) is 23.2 Å². The summed E-state index contributed by atoms with van der Waals surface area (Å²) < 4.78 is 11.7. The Bertz CT molecular complexity index is 756. The highest BCUT2D eigenvalue weighted by Gasteiger charge is 2.51. The van der Waals surface area contributed by atoms with E-state index in [-0.39, 0.29) is 24.4 Å². The standard InChI is InChI=1S/C26H42O7/c1-6-9-10-11-12-21(30)32-23-16(4)18(27)14-17-19(28)15-20(29)24(22(17)23)33-25(31)26(5,8-3)13-7-2/h14,16,20,22-24,27-29H,6-13,15H2,1-5H3. The van der Waals surface area contributed by atoms with Gasteiger partial charge >= 0.3 is 11.9 Å². The van der Waals surface area contributed by atoms with Gasteiger partial charge in [-0.2, -0.15) is 0 Å². The van der Waals surface area contributed by atoms with Gasteiger partial charge < -0.3 is 24.8 Å². The molecule has 6 unspecified atom stereocenters. The maximum absolute atomic E-state index is 13.1. The minimum absolute atomic E-state index is 0.0116. The van der Waals surface area contributed by atoms with E-state index >= 15 is 0 Å². The van der Waals surface area contributed by atoms with E-state index in [0.29, 0.717) is 24.8 Å². The van der Waals surface area contributed by atoms with Crippen LogP contribution in [0.25, 0.3) is 0 Å². The molecule has 0 aliphatic heterocycles. The van der Waals surface area contributed by atoms with Crippen LogP contribution in [0.3, 0.4) is 0 Å². The Balaban J connectivity index is 2.32. The third-order valence-corrected chi connectivity index (χ3v) is 7.26. The number of allylic oxidation sites excluding steroid dienone is 1. The molecule has 2 aliphatic carbocycles. The molecule has 2 aliphatic rings. The summed E-state index contributed by atoms with van der Waals surface area (Å²) in [4.78, 5) is 25.8. The quantitative estimate of drug-likeness (QED) is 0.280. The zero-order chi connectivity index (χ0) is 24.8. The molecule has 0 amide bonds. The predicted molar refractivity (Wildman–Crippen MR) is 125 cm³/mol. The molecule has 0 radical (unpaired) electrons. The second kappa shape index (κ2) is 11.9. The lowest BCUT2D eigenvalue weighted by molar-refractivity contribution is -0.181. The zero-order valence-corrected chi connectivity index (χ0v) is 20.8. The van der Waals surface area contributed by atoms with E-state index in [1.54, 1.807) is 6.92 Å². The van der Waals surface area contributed by atoms with E-state index in [9.17, 15) is 24.9 Å². The molecule has 0 aromatic rings. The van der Waals surface area contributed by atoms with Crippen molar-refractivity contribution in [3.63, 3.8) is 0 Å². The summed E-state index contributed by atoms with van der Waals surface area (Å²) in [5.41, 5.74) is -0.340. The van der Waals surface area contributed by atoms with Crippen LogP contribution in [0.4, 0.5) is 0 Å². The molecule has 0 saturated heterocycles. The highest BCUT2D eigenvalue weighted by molar-refractivity contribution is 5.76. The Morgan fingerprint density at radius 3 is 2.36 bits per heavy atom. The van der Waals surface area contributed by atoms with Crippen molar-refractivity contribution >= 4 is 11.9 Å². The topological polar surface area (TPSA) is 113 Å². The molecular formula is C26H42O7. The average molecular weight is 467 g/mol. The van der Waals surface area contributed by atoms with Gasteiger partial charge in [-0.15, -0.1) is 0 Å². The Kier molecular flexibility index (Phi) is 9.83. The van der Waals surface area contributed by atoms with Crippen LogP contribution < -0.4 is 0 Å². The molecular weight excluding hydrogens is 424 g/mol. The first kappa shape index (κ1) is 27.2. The number of esters is 2. The van der Waals surface area contributed by atoms with E-state index in [2.05, 4.69) is 6.92 Å². The molecule has 7 nitrogen and oxygen atoms in total. The molecule has 188 valence electrons. The summed E-state index contributed by atoms with van der Waals surface area (Å²) in [5.74, 6) is -2.23. The first-order valence-corrected chi connectivity index (χ1v) is 12.5. The minimum atomic E-state index is -1.14. The van der Waals surface area contributed by atoms with Crippen LogP contribution in [0.1, 0.15) is 92.4 Å². The van der Waals surface area contributed by atoms with Crippen molar-refractivity contribution in [2.75, 3.05) is 0 Å². The van der Waals surface area contributed by atoms with E-state index in [1.165, 1.54) is 6.08 Å². The lowest BCUT2D eigenvalue weighted by Crippen LogP contribution is -2.52. The molecule has 2 rings (SSSR count). The average Bonchev–Trinajstić information content (AvgIpc) is 2.77. The van der Waals surface area contributed by atoms with Crippen LogP contribution >= 0.6 is 0 Å². The molecule has 0 fully saturated rings. The number of rotatable bonds is 11. The second-order valence-corrected chi connectivity index (χ2v) is 9.86. The Morgan fingerprint density at radius 2 is 1.76 bits per heavy atom. The number of carbonyl (C=O) groups excluding carboxylic acids is 2. The van der Waals surface area contributed by atoms with Gasteiger partial charge in [-0.25, -0.2) is 0 Å².